The minimum absolute atomic E-state index is 0.871. The molecular formula is C15H17NO. The SMILES string of the molecule is COc1cccc(CCc2ccccc2N)c1. The van der Waals surface area contributed by atoms with E-state index in [2.05, 4.69) is 18.2 Å². The maximum absolute atomic E-state index is 5.92. The number of methoxy groups -OCH3 is 1. The van der Waals surface area contributed by atoms with Crippen molar-refractivity contribution < 1.29 is 4.74 Å². The first kappa shape index (κ1) is 11.5. The molecule has 0 aliphatic rings. The number of hydrogen-bond donors (Lipinski definition) is 1. The number of hydrogen-bond acceptors (Lipinski definition) is 2. The van der Waals surface area contributed by atoms with Crippen LogP contribution in [0.1, 0.15) is 11.1 Å². The van der Waals surface area contributed by atoms with Gasteiger partial charge in [-0.05, 0) is 42.2 Å². The van der Waals surface area contributed by atoms with Gasteiger partial charge in [-0.2, -0.15) is 0 Å². The molecule has 0 saturated carbocycles. The largest absolute Gasteiger partial charge is 0.497 e. The lowest BCUT2D eigenvalue weighted by Crippen LogP contribution is -1.97. The van der Waals surface area contributed by atoms with Crippen LogP contribution >= 0.6 is 0 Å². The summed E-state index contributed by atoms with van der Waals surface area (Å²) in [6.45, 7) is 0. The first-order chi connectivity index (χ1) is 8.29. The predicted molar refractivity (Wildman–Crippen MR) is 71.3 cm³/mol. The molecule has 0 heterocycles. The molecule has 0 bridgehead atoms. The van der Waals surface area contributed by atoms with Gasteiger partial charge in [0.2, 0.25) is 0 Å². The van der Waals surface area contributed by atoms with Gasteiger partial charge in [-0.1, -0.05) is 30.3 Å². The molecule has 2 heteroatoms. The first-order valence-corrected chi connectivity index (χ1v) is 5.76. The number of nitrogen functional groups attached to an aromatic ring is 1. The third-order valence-corrected chi connectivity index (χ3v) is 2.87. The second-order valence-electron chi connectivity index (χ2n) is 4.05. The number of para-hydroxylation sites is 1. The van der Waals surface area contributed by atoms with Crippen molar-refractivity contribution in [2.24, 2.45) is 0 Å². The number of rotatable bonds is 4. The van der Waals surface area contributed by atoms with E-state index in [0.717, 1.165) is 24.3 Å². The molecular weight excluding hydrogens is 210 g/mol. The van der Waals surface area contributed by atoms with E-state index in [1.807, 2.05) is 30.3 Å². The molecule has 0 saturated heterocycles. The normalized spacial score (nSPS) is 10.2. The summed E-state index contributed by atoms with van der Waals surface area (Å²) in [5, 5.41) is 0. The Labute approximate surface area is 102 Å². The highest BCUT2D eigenvalue weighted by Crippen LogP contribution is 2.17. The molecule has 0 aliphatic carbocycles. The zero-order valence-electron chi connectivity index (χ0n) is 10.0. The van der Waals surface area contributed by atoms with Crippen molar-refractivity contribution in [3.8, 4) is 5.75 Å². The fraction of sp³-hybridized carbons (Fsp3) is 0.200. The van der Waals surface area contributed by atoms with Gasteiger partial charge in [0, 0.05) is 5.69 Å². The average Bonchev–Trinajstić information content (AvgIpc) is 2.38. The molecule has 2 N–H and O–H groups in total. The molecule has 0 amide bonds. The van der Waals surface area contributed by atoms with E-state index in [1.54, 1.807) is 7.11 Å². The molecule has 0 spiro atoms. The molecule has 0 fully saturated rings. The second-order valence-corrected chi connectivity index (χ2v) is 4.05. The van der Waals surface area contributed by atoms with E-state index in [9.17, 15) is 0 Å². The van der Waals surface area contributed by atoms with Crippen LogP contribution in [0.4, 0.5) is 5.69 Å². The first-order valence-electron chi connectivity index (χ1n) is 5.76. The minimum atomic E-state index is 0.871. The summed E-state index contributed by atoms with van der Waals surface area (Å²) in [5.74, 6) is 0.906. The molecule has 0 atom stereocenters. The highest BCUT2D eigenvalue weighted by Gasteiger charge is 2.00. The van der Waals surface area contributed by atoms with Gasteiger partial charge in [0.05, 0.1) is 7.11 Å². The lowest BCUT2D eigenvalue weighted by molar-refractivity contribution is 0.414. The molecule has 0 aliphatic heterocycles. The molecule has 2 nitrogen and oxygen atoms in total. The van der Waals surface area contributed by atoms with Crippen LogP contribution in [0.15, 0.2) is 48.5 Å². The Kier molecular flexibility index (Phi) is 3.66. The van der Waals surface area contributed by atoms with Gasteiger partial charge in [0.15, 0.2) is 0 Å². The monoisotopic (exact) mass is 227 g/mol. The number of aryl methyl sites for hydroxylation is 2. The molecule has 0 radical (unpaired) electrons. The van der Waals surface area contributed by atoms with Crippen LogP contribution in [-0.4, -0.2) is 7.11 Å². The quantitative estimate of drug-likeness (QED) is 0.815. The number of ether oxygens (including phenoxy) is 1. The Hall–Kier alpha value is -1.96. The zero-order chi connectivity index (χ0) is 12.1. The van der Waals surface area contributed by atoms with E-state index in [1.165, 1.54) is 11.1 Å². The molecule has 88 valence electrons. The van der Waals surface area contributed by atoms with Gasteiger partial charge in [0.1, 0.15) is 5.75 Å². The van der Waals surface area contributed by atoms with Gasteiger partial charge in [0.25, 0.3) is 0 Å². The summed E-state index contributed by atoms with van der Waals surface area (Å²) < 4.78 is 5.21. The van der Waals surface area contributed by atoms with E-state index in [0.29, 0.717) is 0 Å². The second kappa shape index (κ2) is 5.39. The summed E-state index contributed by atoms with van der Waals surface area (Å²) in [7, 11) is 1.69. The van der Waals surface area contributed by atoms with Crippen LogP contribution in [0.3, 0.4) is 0 Å². The molecule has 2 aromatic carbocycles. The van der Waals surface area contributed by atoms with Crippen molar-refractivity contribution in [2.75, 3.05) is 12.8 Å². The number of anilines is 1. The van der Waals surface area contributed by atoms with E-state index >= 15 is 0 Å². The Balaban J connectivity index is 2.05. The van der Waals surface area contributed by atoms with Crippen LogP contribution in [0.2, 0.25) is 0 Å². The maximum atomic E-state index is 5.92. The van der Waals surface area contributed by atoms with Gasteiger partial charge in [-0.25, -0.2) is 0 Å². The third-order valence-electron chi connectivity index (χ3n) is 2.87. The lowest BCUT2D eigenvalue weighted by Gasteiger charge is -2.06. The van der Waals surface area contributed by atoms with Crippen molar-refractivity contribution in [3.63, 3.8) is 0 Å². The average molecular weight is 227 g/mol. The van der Waals surface area contributed by atoms with Crippen LogP contribution in [0.25, 0.3) is 0 Å². The summed E-state index contributed by atoms with van der Waals surface area (Å²) in [6.07, 6.45) is 1.94. The lowest BCUT2D eigenvalue weighted by atomic mass is 10.0. The summed E-state index contributed by atoms with van der Waals surface area (Å²) in [4.78, 5) is 0. The molecule has 0 aromatic heterocycles. The van der Waals surface area contributed by atoms with Crippen LogP contribution < -0.4 is 10.5 Å². The van der Waals surface area contributed by atoms with Gasteiger partial charge in [-0.3, -0.25) is 0 Å². The van der Waals surface area contributed by atoms with Gasteiger partial charge >= 0.3 is 0 Å². The van der Waals surface area contributed by atoms with Gasteiger partial charge < -0.3 is 10.5 Å². The standard InChI is InChI=1S/C15H17NO/c1-17-14-7-4-5-12(11-14)9-10-13-6-2-3-8-15(13)16/h2-8,11H,9-10,16H2,1H3. The van der Waals surface area contributed by atoms with Crippen molar-refractivity contribution in [2.45, 2.75) is 12.8 Å². The van der Waals surface area contributed by atoms with Crippen LogP contribution in [0, 0.1) is 0 Å². The summed E-state index contributed by atoms with van der Waals surface area (Å²) >= 11 is 0. The summed E-state index contributed by atoms with van der Waals surface area (Å²) in [5.41, 5.74) is 9.26. The van der Waals surface area contributed by atoms with Crippen molar-refractivity contribution in [1.29, 1.82) is 0 Å². The Morgan fingerprint density at radius 1 is 1.00 bits per heavy atom. The highest BCUT2D eigenvalue weighted by molar-refractivity contribution is 5.46. The van der Waals surface area contributed by atoms with E-state index in [4.69, 9.17) is 10.5 Å². The topological polar surface area (TPSA) is 35.2 Å². The Morgan fingerprint density at radius 3 is 2.59 bits per heavy atom. The Morgan fingerprint density at radius 2 is 1.82 bits per heavy atom. The van der Waals surface area contributed by atoms with Crippen molar-refractivity contribution >= 4 is 5.69 Å². The van der Waals surface area contributed by atoms with Gasteiger partial charge in [-0.15, -0.1) is 0 Å². The van der Waals surface area contributed by atoms with Crippen LogP contribution in [0.5, 0.6) is 5.75 Å². The zero-order valence-corrected chi connectivity index (χ0v) is 10.0. The molecule has 0 unspecified atom stereocenters. The number of benzene rings is 2. The predicted octanol–water partition coefficient (Wildman–Crippen LogP) is 3.06. The van der Waals surface area contributed by atoms with Crippen LogP contribution in [-0.2, 0) is 12.8 Å². The van der Waals surface area contributed by atoms with E-state index in [-0.39, 0.29) is 0 Å². The highest BCUT2D eigenvalue weighted by atomic mass is 16.5. The number of nitrogens with two attached hydrogens (primary N) is 1. The fourth-order valence-corrected chi connectivity index (χ4v) is 1.87. The fourth-order valence-electron chi connectivity index (χ4n) is 1.87. The van der Waals surface area contributed by atoms with Crippen molar-refractivity contribution in [1.82, 2.24) is 0 Å². The molecule has 2 aromatic rings. The Bertz CT molecular complexity index is 494. The van der Waals surface area contributed by atoms with E-state index < -0.39 is 0 Å². The molecule has 17 heavy (non-hydrogen) atoms. The molecule has 2 rings (SSSR count). The maximum Gasteiger partial charge on any atom is 0.119 e. The smallest absolute Gasteiger partial charge is 0.119 e. The summed E-state index contributed by atoms with van der Waals surface area (Å²) in [6, 6.07) is 16.2. The van der Waals surface area contributed by atoms with Crippen molar-refractivity contribution in [3.05, 3.63) is 59.7 Å². The third kappa shape index (κ3) is 3.00. The minimum Gasteiger partial charge on any atom is -0.497 e.